The predicted molar refractivity (Wildman–Crippen MR) is 147 cm³/mol. The number of piperazine rings is 1. The fourth-order valence-corrected chi connectivity index (χ4v) is 5.54. The lowest BCUT2D eigenvalue weighted by Crippen LogP contribution is -2.52. The SMILES string of the molecule is CC(C)(C)C(=O)OC1(C(CN2CCNCC2)c2ccc(OCc3ccccc3)c(OC(F)(F)F)c2)CCCCC1. The normalized spacial score (nSPS) is 19.1. The Hall–Kier alpha value is -2.78. The average molecular weight is 563 g/mol. The van der Waals surface area contributed by atoms with Crippen LogP contribution in [-0.4, -0.2) is 55.6 Å². The number of halogens is 3. The number of esters is 1. The smallest absolute Gasteiger partial charge is 0.485 e. The summed E-state index contributed by atoms with van der Waals surface area (Å²) in [6, 6.07) is 14.0. The molecule has 2 aromatic carbocycles. The number of carbonyl (C=O) groups is 1. The number of ether oxygens (including phenoxy) is 3. The van der Waals surface area contributed by atoms with Gasteiger partial charge in [-0.3, -0.25) is 4.79 Å². The molecule has 0 amide bonds. The summed E-state index contributed by atoms with van der Waals surface area (Å²) in [4.78, 5) is 15.6. The summed E-state index contributed by atoms with van der Waals surface area (Å²) in [6.07, 6.45) is -0.761. The molecule has 1 N–H and O–H groups in total. The van der Waals surface area contributed by atoms with E-state index in [9.17, 15) is 18.0 Å². The maximum atomic E-state index is 13.6. The van der Waals surface area contributed by atoms with Gasteiger partial charge in [-0.2, -0.15) is 0 Å². The van der Waals surface area contributed by atoms with Gasteiger partial charge in [-0.25, -0.2) is 0 Å². The molecule has 1 aliphatic heterocycles. The second-order valence-electron chi connectivity index (χ2n) is 11.9. The molecule has 40 heavy (non-hydrogen) atoms. The Balaban J connectivity index is 1.73. The second-order valence-corrected chi connectivity index (χ2v) is 11.9. The van der Waals surface area contributed by atoms with Crippen LogP contribution in [0, 0.1) is 5.41 Å². The van der Waals surface area contributed by atoms with Gasteiger partial charge in [-0.1, -0.05) is 42.8 Å². The van der Waals surface area contributed by atoms with Crippen LogP contribution in [0.1, 0.15) is 69.9 Å². The van der Waals surface area contributed by atoms with Crippen molar-refractivity contribution in [3.8, 4) is 11.5 Å². The highest BCUT2D eigenvalue weighted by atomic mass is 19.4. The van der Waals surface area contributed by atoms with Crippen molar-refractivity contribution in [1.82, 2.24) is 10.2 Å². The zero-order chi connectivity index (χ0) is 28.8. The number of rotatable bonds is 9. The van der Waals surface area contributed by atoms with Crippen molar-refractivity contribution in [2.24, 2.45) is 5.41 Å². The third-order valence-corrected chi connectivity index (χ3v) is 7.73. The Morgan fingerprint density at radius 2 is 1.65 bits per heavy atom. The van der Waals surface area contributed by atoms with Crippen molar-refractivity contribution in [1.29, 1.82) is 0 Å². The first-order valence-electron chi connectivity index (χ1n) is 14.2. The molecule has 0 radical (unpaired) electrons. The minimum absolute atomic E-state index is 0.00947. The highest BCUT2D eigenvalue weighted by Crippen LogP contribution is 2.46. The van der Waals surface area contributed by atoms with Crippen LogP contribution in [0.5, 0.6) is 11.5 Å². The number of nitrogens with one attached hydrogen (secondary N) is 1. The van der Waals surface area contributed by atoms with Gasteiger partial charge >= 0.3 is 12.3 Å². The Bertz CT molecular complexity index is 1110. The Morgan fingerprint density at radius 3 is 2.27 bits per heavy atom. The van der Waals surface area contributed by atoms with E-state index in [0.717, 1.165) is 51.0 Å². The summed E-state index contributed by atoms with van der Waals surface area (Å²) < 4.78 is 57.4. The Kier molecular flexibility index (Phi) is 9.67. The molecular weight excluding hydrogens is 521 g/mol. The molecule has 1 atom stereocenters. The number of alkyl halides is 3. The van der Waals surface area contributed by atoms with Gasteiger partial charge in [0.25, 0.3) is 0 Å². The standard InChI is InChI=1S/C31H41F3N2O4/c1-29(2,3)28(37)40-30(14-8-5-9-15-30)25(21-36-18-16-35-17-19-36)24-12-13-26(27(20-24)39-31(32,33)34)38-22-23-10-6-4-7-11-23/h4,6-7,10-13,20,25,35H,5,8-9,14-19,21-22H2,1-3H3. The third kappa shape index (κ3) is 8.13. The van der Waals surface area contributed by atoms with Crippen molar-refractivity contribution in [3.05, 3.63) is 59.7 Å². The fourth-order valence-electron chi connectivity index (χ4n) is 5.54. The first-order valence-corrected chi connectivity index (χ1v) is 14.2. The van der Waals surface area contributed by atoms with Crippen molar-refractivity contribution in [3.63, 3.8) is 0 Å². The number of hydrogen-bond acceptors (Lipinski definition) is 6. The van der Waals surface area contributed by atoms with Gasteiger partial charge in [0.15, 0.2) is 11.5 Å². The van der Waals surface area contributed by atoms with E-state index in [0.29, 0.717) is 24.9 Å². The van der Waals surface area contributed by atoms with Crippen LogP contribution in [0.25, 0.3) is 0 Å². The molecule has 0 spiro atoms. The highest BCUT2D eigenvalue weighted by Gasteiger charge is 2.47. The Labute approximate surface area is 235 Å². The minimum atomic E-state index is -4.89. The molecule has 0 aromatic heterocycles. The largest absolute Gasteiger partial charge is 0.573 e. The maximum Gasteiger partial charge on any atom is 0.573 e. The van der Waals surface area contributed by atoms with Crippen molar-refractivity contribution in [2.75, 3.05) is 32.7 Å². The lowest BCUT2D eigenvalue weighted by molar-refractivity contribution is -0.275. The van der Waals surface area contributed by atoms with Crippen molar-refractivity contribution >= 4 is 5.97 Å². The quantitative estimate of drug-likeness (QED) is 0.355. The molecule has 2 fully saturated rings. The molecular formula is C31H41F3N2O4. The van der Waals surface area contributed by atoms with Gasteiger partial charge in [-0.05, 0) is 69.7 Å². The van der Waals surface area contributed by atoms with Crippen LogP contribution in [0.2, 0.25) is 0 Å². The summed E-state index contributed by atoms with van der Waals surface area (Å²) >= 11 is 0. The molecule has 2 aromatic rings. The highest BCUT2D eigenvalue weighted by molar-refractivity contribution is 5.76. The van der Waals surface area contributed by atoms with E-state index in [2.05, 4.69) is 15.0 Å². The molecule has 1 aliphatic carbocycles. The van der Waals surface area contributed by atoms with Crippen LogP contribution >= 0.6 is 0 Å². The third-order valence-electron chi connectivity index (χ3n) is 7.73. The monoisotopic (exact) mass is 562 g/mol. The van der Waals surface area contributed by atoms with E-state index in [1.165, 1.54) is 6.07 Å². The Morgan fingerprint density at radius 1 is 0.975 bits per heavy atom. The summed E-state index contributed by atoms with van der Waals surface area (Å²) in [5, 5.41) is 3.35. The van der Waals surface area contributed by atoms with Crippen LogP contribution < -0.4 is 14.8 Å². The van der Waals surface area contributed by atoms with Gasteiger partial charge in [0.1, 0.15) is 12.2 Å². The van der Waals surface area contributed by atoms with E-state index in [1.807, 2.05) is 51.1 Å². The maximum absolute atomic E-state index is 13.6. The van der Waals surface area contributed by atoms with Crippen molar-refractivity contribution < 1.29 is 32.2 Å². The molecule has 0 bridgehead atoms. The van der Waals surface area contributed by atoms with Crippen molar-refractivity contribution in [2.45, 2.75) is 77.4 Å². The molecule has 1 saturated carbocycles. The molecule has 1 unspecified atom stereocenters. The van der Waals surface area contributed by atoms with Gasteiger partial charge in [0.05, 0.1) is 5.41 Å². The molecule has 2 aliphatic rings. The average Bonchev–Trinajstić information content (AvgIpc) is 2.91. The second kappa shape index (κ2) is 12.8. The van der Waals surface area contributed by atoms with Gasteiger partial charge < -0.3 is 24.4 Å². The summed E-state index contributed by atoms with van der Waals surface area (Å²) in [5.74, 6) is -1.01. The molecule has 6 nitrogen and oxygen atoms in total. The first-order chi connectivity index (χ1) is 19.0. The van der Waals surface area contributed by atoms with Crippen LogP contribution in [0.15, 0.2) is 48.5 Å². The molecule has 1 heterocycles. The van der Waals surface area contributed by atoms with Crippen LogP contribution in [0.4, 0.5) is 13.2 Å². The molecule has 4 rings (SSSR count). The lowest BCUT2D eigenvalue weighted by Gasteiger charge is -2.46. The summed E-state index contributed by atoms with van der Waals surface area (Å²) in [6.45, 7) is 9.42. The topological polar surface area (TPSA) is 60.0 Å². The molecule has 1 saturated heterocycles. The minimum Gasteiger partial charge on any atom is -0.485 e. The van der Waals surface area contributed by atoms with Gasteiger partial charge in [0.2, 0.25) is 0 Å². The summed E-state index contributed by atoms with van der Waals surface area (Å²) in [7, 11) is 0. The van der Waals surface area contributed by atoms with Crippen LogP contribution in [0.3, 0.4) is 0 Å². The fraction of sp³-hybridized carbons (Fsp3) is 0.581. The van der Waals surface area contributed by atoms with E-state index < -0.39 is 17.4 Å². The number of nitrogens with zero attached hydrogens (tertiary/aromatic N) is 1. The number of carbonyl (C=O) groups excluding carboxylic acids is 1. The number of benzene rings is 2. The first kappa shape index (κ1) is 30.2. The lowest BCUT2D eigenvalue weighted by atomic mass is 9.72. The summed E-state index contributed by atoms with van der Waals surface area (Å²) in [5.41, 5.74) is -0.0519. The van der Waals surface area contributed by atoms with E-state index in [1.54, 1.807) is 12.1 Å². The van der Waals surface area contributed by atoms with E-state index in [4.69, 9.17) is 9.47 Å². The molecule has 220 valence electrons. The predicted octanol–water partition coefficient (Wildman–Crippen LogP) is 6.45. The number of hydrogen-bond donors (Lipinski definition) is 1. The zero-order valence-corrected chi connectivity index (χ0v) is 23.7. The van der Waals surface area contributed by atoms with E-state index in [-0.39, 0.29) is 30.0 Å². The van der Waals surface area contributed by atoms with Gasteiger partial charge in [0, 0.05) is 38.6 Å². The van der Waals surface area contributed by atoms with Crippen LogP contribution in [-0.2, 0) is 16.1 Å². The molecule has 9 heteroatoms. The zero-order valence-electron chi connectivity index (χ0n) is 23.7. The van der Waals surface area contributed by atoms with Gasteiger partial charge in [-0.15, -0.1) is 13.2 Å². The van der Waals surface area contributed by atoms with E-state index >= 15 is 0 Å².